The average Bonchev–Trinajstić information content (AvgIpc) is 3.20. The second-order valence-electron chi connectivity index (χ2n) is 7.92. The molecular formula is C24H32N2O2. The van der Waals surface area contributed by atoms with Gasteiger partial charge >= 0.3 is 0 Å². The van der Waals surface area contributed by atoms with E-state index in [1.54, 1.807) is 0 Å². The third kappa shape index (κ3) is 5.35. The van der Waals surface area contributed by atoms with Gasteiger partial charge < -0.3 is 10.1 Å². The normalized spacial score (nSPS) is 15.6. The Bertz CT molecular complexity index is 782. The van der Waals surface area contributed by atoms with Gasteiger partial charge in [-0.2, -0.15) is 0 Å². The molecule has 0 saturated carbocycles. The number of nitrogens with zero attached hydrogens (tertiary/aromatic N) is 1. The predicted octanol–water partition coefficient (Wildman–Crippen LogP) is 4.49. The van der Waals surface area contributed by atoms with Crippen LogP contribution in [-0.2, 0) is 17.9 Å². The van der Waals surface area contributed by atoms with Crippen LogP contribution in [0.4, 0.5) is 0 Å². The predicted molar refractivity (Wildman–Crippen MR) is 113 cm³/mol. The molecule has 0 spiro atoms. The van der Waals surface area contributed by atoms with Crippen LogP contribution in [0.2, 0.25) is 0 Å². The van der Waals surface area contributed by atoms with Gasteiger partial charge in [0.15, 0.2) is 6.10 Å². The molecule has 1 N–H and O–H groups in total. The lowest BCUT2D eigenvalue weighted by Crippen LogP contribution is -2.36. The average molecular weight is 381 g/mol. The summed E-state index contributed by atoms with van der Waals surface area (Å²) in [7, 11) is 0. The molecule has 1 fully saturated rings. The molecule has 1 saturated heterocycles. The van der Waals surface area contributed by atoms with Gasteiger partial charge in [-0.05, 0) is 61.5 Å². The fourth-order valence-electron chi connectivity index (χ4n) is 3.70. The molecule has 1 atom stereocenters. The third-order valence-corrected chi connectivity index (χ3v) is 5.38. The van der Waals surface area contributed by atoms with E-state index in [-0.39, 0.29) is 5.91 Å². The van der Waals surface area contributed by atoms with Crippen molar-refractivity contribution >= 4 is 5.91 Å². The van der Waals surface area contributed by atoms with Crippen molar-refractivity contribution in [3.63, 3.8) is 0 Å². The zero-order valence-electron chi connectivity index (χ0n) is 17.3. The number of hydrogen-bond donors (Lipinski definition) is 1. The highest BCUT2D eigenvalue weighted by Gasteiger charge is 2.18. The first-order chi connectivity index (χ1) is 13.5. The Hall–Kier alpha value is -2.33. The number of carbonyl (C=O) groups excluding carboxylic acids is 1. The lowest BCUT2D eigenvalue weighted by Gasteiger charge is -2.20. The summed E-state index contributed by atoms with van der Waals surface area (Å²) in [6.07, 6.45) is 2.03. The number of ether oxygens (including phenoxy) is 1. The summed E-state index contributed by atoms with van der Waals surface area (Å²) < 4.78 is 5.97. The molecule has 2 aromatic carbocycles. The Balaban J connectivity index is 1.58. The van der Waals surface area contributed by atoms with Gasteiger partial charge in [0.1, 0.15) is 5.75 Å². The van der Waals surface area contributed by atoms with E-state index in [1.807, 2.05) is 31.2 Å². The number of likely N-dealkylation sites (tertiary alicyclic amines) is 1. The maximum atomic E-state index is 12.6. The Kier molecular flexibility index (Phi) is 7.10. The van der Waals surface area contributed by atoms with Crippen LogP contribution in [0.25, 0.3) is 0 Å². The fraction of sp³-hybridized carbons (Fsp3) is 0.458. The summed E-state index contributed by atoms with van der Waals surface area (Å²) in [6.45, 7) is 9.89. The lowest BCUT2D eigenvalue weighted by molar-refractivity contribution is -0.127. The Morgan fingerprint density at radius 2 is 1.64 bits per heavy atom. The van der Waals surface area contributed by atoms with E-state index in [9.17, 15) is 4.79 Å². The molecule has 0 radical (unpaired) electrons. The quantitative estimate of drug-likeness (QED) is 0.734. The summed E-state index contributed by atoms with van der Waals surface area (Å²) in [5.74, 6) is 1.05. The SMILES string of the molecule is CC(C)c1ccccc1O[C@H](C)C(=O)NCc1ccccc1CN1CCCC1. The maximum Gasteiger partial charge on any atom is 0.261 e. The molecule has 0 aromatic heterocycles. The molecule has 4 nitrogen and oxygen atoms in total. The fourth-order valence-corrected chi connectivity index (χ4v) is 3.70. The van der Waals surface area contributed by atoms with Crippen molar-refractivity contribution in [1.29, 1.82) is 0 Å². The summed E-state index contributed by atoms with van der Waals surface area (Å²) in [5, 5.41) is 3.05. The number of para-hydroxylation sites is 1. The molecule has 1 heterocycles. The van der Waals surface area contributed by atoms with Crippen molar-refractivity contribution in [2.75, 3.05) is 13.1 Å². The van der Waals surface area contributed by atoms with Crippen LogP contribution in [0, 0.1) is 0 Å². The van der Waals surface area contributed by atoms with Gasteiger partial charge in [0, 0.05) is 13.1 Å². The van der Waals surface area contributed by atoms with Crippen LogP contribution in [0.5, 0.6) is 5.75 Å². The van der Waals surface area contributed by atoms with Gasteiger partial charge in [-0.25, -0.2) is 0 Å². The van der Waals surface area contributed by atoms with Gasteiger partial charge in [0.2, 0.25) is 0 Å². The van der Waals surface area contributed by atoms with E-state index >= 15 is 0 Å². The Labute approximate surface area is 168 Å². The number of amides is 1. The van der Waals surface area contributed by atoms with Gasteiger partial charge in [-0.3, -0.25) is 9.69 Å². The Morgan fingerprint density at radius 3 is 2.36 bits per heavy atom. The number of rotatable bonds is 8. The molecule has 1 amide bonds. The number of hydrogen-bond acceptors (Lipinski definition) is 3. The van der Waals surface area contributed by atoms with Gasteiger partial charge in [-0.1, -0.05) is 56.3 Å². The van der Waals surface area contributed by atoms with E-state index in [0.29, 0.717) is 12.5 Å². The highest BCUT2D eigenvalue weighted by atomic mass is 16.5. The van der Waals surface area contributed by atoms with Gasteiger partial charge in [0.25, 0.3) is 5.91 Å². The van der Waals surface area contributed by atoms with Gasteiger partial charge in [-0.15, -0.1) is 0 Å². The zero-order valence-corrected chi connectivity index (χ0v) is 17.3. The minimum absolute atomic E-state index is 0.0884. The monoisotopic (exact) mass is 380 g/mol. The van der Waals surface area contributed by atoms with Crippen molar-refractivity contribution in [3.05, 3.63) is 65.2 Å². The van der Waals surface area contributed by atoms with Crippen LogP contribution in [0.15, 0.2) is 48.5 Å². The van der Waals surface area contributed by atoms with Crippen molar-refractivity contribution < 1.29 is 9.53 Å². The van der Waals surface area contributed by atoms with Crippen molar-refractivity contribution in [2.24, 2.45) is 0 Å². The van der Waals surface area contributed by atoms with Crippen LogP contribution in [0.1, 0.15) is 56.2 Å². The van der Waals surface area contributed by atoms with E-state index < -0.39 is 6.10 Å². The first kappa shape index (κ1) is 20.4. The van der Waals surface area contributed by atoms with E-state index in [0.717, 1.165) is 17.9 Å². The lowest BCUT2D eigenvalue weighted by atomic mass is 10.0. The number of carbonyl (C=O) groups is 1. The number of nitrogens with one attached hydrogen (secondary N) is 1. The molecule has 150 valence electrons. The maximum absolute atomic E-state index is 12.6. The van der Waals surface area contributed by atoms with E-state index in [2.05, 4.69) is 48.3 Å². The molecule has 2 aromatic rings. The van der Waals surface area contributed by atoms with Crippen molar-refractivity contribution in [2.45, 2.75) is 58.7 Å². The standard InChI is InChI=1S/C24H32N2O2/c1-18(2)22-12-6-7-13-23(22)28-19(3)24(27)25-16-20-10-4-5-11-21(20)17-26-14-8-9-15-26/h4-7,10-13,18-19H,8-9,14-17H2,1-3H3,(H,25,27)/t19-/m1/s1. The molecule has 0 aliphatic carbocycles. The minimum atomic E-state index is -0.536. The minimum Gasteiger partial charge on any atom is -0.481 e. The highest BCUT2D eigenvalue weighted by molar-refractivity contribution is 5.80. The van der Waals surface area contributed by atoms with Crippen LogP contribution in [0.3, 0.4) is 0 Å². The summed E-state index contributed by atoms with van der Waals surface area (Å²) >= 11 is 0. The third-order valence-electron chi connectivity index (χ3n) is 5.38. The zero-order chi connectivity index (χ0) is 19.9. The summed E-state index contributed by atoms with van der Waals surface area (Å²) in [5.41, 5.74) is 3.60. The smallest absolute Gasteiger partial charge is 0.261 e. The largest absolute Gasteiger partial charge is 0.481 e. The summed E-state index contributed by atoms with van der Waals surface area (Å²) in [6, 6.07) is 16.3. The summed E-state index contributed by atoms with van der Waals surface area (Å²) in [4.78, 5) is 15.1. The second-order valence-corrected chi connectivity index (χ2v) is 7.92. The van der Waals surface area contributed by atoms with E-state index in [1.165, 1.54) is 37.1 Å². The molecular weight excluding hydrogens is 348 g/mol. The first-order valence-electron chi connectivity index (χ1n) is 10.4. The van der Waals surface area contributed by atoms with Crippen LogP contribution < -0.4 is 10.1 Å². The molecule has 1 aliphatic heterocycles. The molecule has 28 heavy (non-hydrogen) atoms. The molecule has 0 unspecified atom stereocenters. The first-order valence-corrected chi connectivity index (χ1v) is 10.4. The van der Waals surface area contributed by atoms with E-state index in [4.69, 9.17) is 4.74 Å². The van der Waals surface area contributed by atoms with Gasteiger partial charge in [0.05, 0.1) is 0 Å². The number of benzene rings is 2. The molecule has 3 rings (SSSR count). The molecule has 1 aliphatic rings. The van der Waals surface area contributed by atoms with Crippen LogP contribution in [-0.4, -0.2) is 30.0 Å². The van der Waals surface area contributed by atoms with Crippen molar-refractivity contribution in [1.82, 2.24) is 10.2 Å². The Morgan fingerprint density at radius 1 is 1.00 bits per heavy atom. The second kappa shape index (κ2) is 9.74. The van der Waals surface area contributed by atoms with Crippen LogP contribution >= 0.6 is 0 Å². The highest BCUT2D eigenvalue weighted by Crippen LogP contribution is 2.26. The molecule has 4 heteroatoms. The topological polar surface area (TPSA) is 41.6 Å². The molecule has 0 bridgehead atoms. The van der Waals surface area contributed by atoms with Crippen molar-refractivity contribution in [3.8, 4) is 5.75 Å².